The topological polar surface area (TPSA) is 66.6 Å². The number of nitrogens with zero attached hydrogens (tertiary/aromatic N) is 2. The standard InChI is InChI=1S/C19H19N3O2/c1-11-7-8-16-15(10-20-22(16)12(11)2)19(24)21-18-14-6-4-3-5-13(14)9-17(18)23/h3-8,10,17-18,23H,9H2,1-2H3,(H,21,24)/t17-,18+/m0/s1. The van der Waals surface area contributed by atoms with E-state index in [0.29, 0.717) is 12.0 Å². The van der Waals surface area contributed by atoms with Crippen molar-refractivity contribution in [2.75, 3.05) is 0 Å². The maximum absolute atomic E-state index is 12.8. The van der Waals surface area contributed by atoms with Crippen molar-refractivity contribution in [3.63, 3.8) is 0 Å². The van der Waals surface area contributed by atoms with Crippen LogP contribution in [0.4, 0.5) is 0 Å². The number of hydrogen-bond acceptors (Lipinski definition) is 3. The third-order valence-electron chi connectivity index (χ3n) is 4.92. The van der Waals surface area contributed by atoms with Crippen LogP contribution >= 0.6 is 0 Å². The van der Waals surface area contributed by atoms with Gasteiger partial charge in [0.2, 0.25) is 0 Å². The maximum Gasteiger partial charge on any atom is 0.255 e. The van der Waals surface area contributed by atoms with Crippen LogP contribution in [-0.2, 0) is 6.42 Å². The largest absolute Gasteiger partial charge is 0.390 e. The van der Waals surface area contributed by atoms with Gasteiger partial charge in [-0.15, -0.1) is 0 Å². The summed E-state index contributed by atoms with van der Waals surface area (Å²) in [5.74, 6) is -0.214. The fourth-order valence-electron chi connectivity index (χ4n) is 3.42. The summed E-state index contributed by atoms with van der Waals surface area (Å²) >= 11 is 0. The van der Waals surface area contributed by atoms with E-state index in [1.54, 1.807) is 10.7 Å². The Kier molecular flexibility index (Phi) is 3.39. The van der Waals surface area contributed by atoms with E-state index in [0.717, 1.165) is 27.9 Å². The smallest absolute Gasteiger partial charge is 0.255 e. The summed E-state index contributed by atoms with van der Waals surface area (Å²) in [6.07, 6.45) is 1.55. The summed E-state index contributed by atoms with van der Waals surface area (Å²) in [5, 5.41) is 17.6. The van der Waals surface area contributed by atoms with Crippen LogP contribution in [0, 0.1) is 13.8 Å². The van der Waals surface area contributed by atoms with Gasteiger partial charge in [-0.05, 0) is 36.6 Å². The molecule has 0 unspecified atom stereocenters. The third-order valence-corrected chi connectivity index (χ3v) is 4.92. The van der Waals surface area contributed by atoms with E-state index in [1.165, 1.54) is 0 Å². The fourth-order valence-corrected chi connectivity index (χ4v) is 3.42. The fraction of sp³-hybridized carbons (Fsp3) is 0.263. The normalized spacial score (nSPS) is 19.5. The molecule has 2 heterocycles. The number of fused-ring (bicyclic) bond motifs is 2. The highest BCUT2D eigenvalue weighted by Gasteiger charge is 2.32. The SMILES string of the molecule is Cc1ccc2c(C(=O)N[C@@H]3c4ccccc4C[C@@H]3O)cnn2c1C. The molecule has 1 aliphatic carbocycles. The second kappa shape index (κ2) is 5.46. The summed E-state index contributed by atoms with van der Waals surface area (Å²) in [7, 11) is 0. The molecule has 0 aliphatic heterocycles. The summed E-state index contributed by atoms with van der Waals surface area (Å²) in [6, 6.07) is 11.3. The number of aliphatic hydroxyl groups is 1. The van der Waals surface area contributed by atoms with Gasteiger partial charge in [0.1, 0.15) is 0 Å². The van der Waals surface area contributed by atoms with Gasteiger partial charge < -0.3 is 10.4 Å². The molecule has 2 atom stereocenters. The zero-order valence-corrected chi connectivity index (χ0v) is 13.7. The van der Waals surface area contributed by atoms with Crippen LogP contribution in [0.15, 0.2) is 42.6 Å². The third kappa shape index (κ3) is 2.20. The molecule has 5 nitrogen and oxygen atoms in total. The maximum atomic E-state index is 12.8. The van der Waals surface area contributed by atoms with Crippen LogP contribution in [0.25, 0.3) is 5.52 Å². The Hall–Kier alpha value is -2.66. The molecule has 0 saturated heterocycles. The number of pyridine rings is 1. The number of aryl methyl sites for hydroxylation is 2. The lowest BCUT2D eigenvalue weighted by Gasteiger charge is -2.17. The summed E-state index contributed by atoms with van der Waals surface area (Å²) < 4.78 is 1.78. The molecular weight excluding hydrogens is 302 g/mol. The Bertz CT molecular complexity index is 945. The summed E-state index contributed by atoms with van der Waals surface area (Å²) in [6.45, 7) is 4.00. The van der Waals surface area contributed by atoms with Crippen LogP contribution < -0.4 is 5.32 Å². The van der Waals surface area contributed by atoms with Gasteiger partial charge in [-0.25, -0.2) is 4.52 Å². The first-order valence-corrected chi connectivity index (χ1v) is 8.07. The lowest BCUT2D eigenvalue weighted by Crippen LogP contribution is -2.33. The molecule has 4 rings (SSSR count). The molecule has 2 aromatic heterocycles. The molecule has 5 heteroatoms. The van der Waals surface area contributed by atoms with Gasteiger partial charge in [0, 0.05) is 12.1 Å². The van der Waals surface area contributed by atoms with E-state index < -0.39 is 6.10 Å². The van der Waals surface area contributed by atoms with Gasteiger partial charge >= 0.3 is 0 Å². The molecule has 0 radical (unpaired) electrons. The average Bonchev–Trinajstić information content (AvgIpc) is 3.13. The van der Waals surface area contributed by atoms with Gasteiger partial charge in [0.05, 0.1) is 29.4 Å². The highest BCUT2D eigenvalue weighted by molar-refractivity contribution is 6.01. The van der Waals surface area contributed by atoms with E-state index in [1.807, 2.05) is 50.2 Å². The second-order valence-electron chi connectivity index (χ2n) is 6.38. The molecule has 122 valence electrons. The number of carbonyl (C=O) groups excluding carboxylic acids is 1. The predicted molar refractivity (Wildman–Crippen MR) is 91.0 cm³/mol. The van der Waals surface area contributed by atoms with E-state index in [9.17, 15) is 9.90 Å². The Morgan fingerprint density at radius 2 is 2.04 bits per heavy atom. The van der Waals surface area contributed by atoms with Crippen molar-refractivity contribution in [1.82, 2.24) is 14.9 Å². The molecule has 1 aliphatic rings. The molecule has 2 N–H and O–H groups in total. The Morgan fingerprint density at radius 1 is 1.25 bits per heavy atom. The van der Waals surface area contributed by atoms with Gasteiger partial charge in [0.15, 0.2) is 0 Å². The van der Waals surface area contributed by atoms with E-state index in [4.69, 9.17) is 0 Å². The number of rotatable bonds is 2. The van der Waals surface area contributed by atoms with Gasteiger partial charge in [-0.1, -0.05) is 30.3 Å². The van der Waals surface area contributed by atoms with E-state index >= 15 is 0 Å². The number of nitrogens with one attached hydrogen (secondary N) is 1. The number of carbonyl (C=O) groups is 1. The van der Waals surface area contributed by atoms with E-state index in [-0.39, 0.29) is 11.9 Å². The minimum atomic E-state index is -0.600. The molecule has 1 aromatic carbocycles. The average molecular weight is 321 g/mol. The molecule has 0 fully saturated rings. The first kappa shape index (κ1) is 14.9. The van der Waals surface area contributed by atoms with Crippen LogP contribution in [0.2, 0.25) is 0 Å². The Labute approximate surface area is 139 Å². The number of aromatic nitrogens is 2. The lowest BCUT2D eigenvalue weighted by atomic mass is 10.1. The molecule has 0 spiro atoms. The summed E-state index contributed by atoms with van der Waals surface area (Å²) in [4.78, 5) is 12.8. The van der Waals surface area contributed by atoms with Gasteiger partial charge in [-0.3, -0.25) is 4.79 Å². The zero-order valence-electron chi connectivity index (χ0n) is 13.7. The Morgan fingerprint density at radius 3 is 2.88 bits per heavy atom. The van der Waals surface area contributed by atoms with Crippen molar-refractivity contribution in [3.05, 3.63) is 70.5 Å². The van der Waals surface area contributed by atoms with Crippen molar-refractivity contribution in [2.24, 2.45) is 0 Å². The van der Waals surface area contributed by atoms with E-state index in [2.05, 4.69) is 10.4 Å². The minimum Gasteiger partial charge on any atom is -0.390 e. The lowest BCUT2D eigenvalue weighted by molar-refractivity contribution is 0.0859. The van der Waals surface area contributed by atoms with Gasteiger partial charge in [0.25, 0.3) is 5.91 Å². The molecule has 1 amide bonds. The van der Waals surface area contributed by atoms with Crippen molar-refractivity contribution in [1.29, 1.82) is 0 Å². The minimum absolute atomic E-state index is 0.214. The highest BCUT2D eigenvalue weighted by atomic mass is 16.3. The molecule has 0 bridgehead atoms. The predicted octanol–water partition coefficient (Wildman–Crippen LogP) is 2.34. The molecular formula is C19H19N3O2. The second-order valence-corrected chi connectivity index (χ2v) is 6.38. The Balaban J connectivity index is 1.67. The van der Waals surface area contributed by atoms with Crippen LogP contribution in [0.3, 0.4) is 0 Å². The molecule has 3 aromatic rings. The number of benzene rings is 1. The zero-order chi connectivity index (χ0) is 16.8. The van der Waals surface area contributed by atoms with Crippen molar-refractivity contribution < 1.29 is 9.90 Å². The first-order valence-electron chi connectivity index (χ1n) is 8.07. The number of hydrogen-bond donors (Lipinski definition) is 2. The first-order chi connectivity index (χ1) is 11.6. The van der Waals surface area contributed by atoms with Crippen molar-refractivity contribution >= 4 is 11.4 Å². The van der Waals surface area contributed by atoms with Crippen LogP contribution in [0.1, 0.15) is 38.8 Å². The molecule has 0 saturated carbocycles. The van der Waals surface area contributed by atoms with Crippen molar-refractivity contribution in [2.45, 2.75) is 32.4 Å². The van der Waals surface area contributed by atoms with Crippen molar-refractivity contribution in [3.8, 4) is 0 Å². The quantitative estimate of drug-likeness (QED) is 0.761. The molecule has 24 heavy (non-hydrogen) atoms. The van der Waals surface area contributed by atoms with Crippen LogP contribution in [-0.4, -0.2) is 26.7 Å². The van der Waals surface area contributed by atoms with Crippen LogP contribution in [0.5, 0.6) is 0 Å². The summed E-state index contributed by atoms with van der Waals surface area (Å²) in [5.41, 5.74) is 5.50. The number of aliphatic hydroxyl groups excluding tert-OH is 1. The number of amides is 1. The van der Waals surface area contributed by atoms with Gasteiger partial charge in [-0.2, -0.15) is 5.10 Å². The highest BCUT2D eigenvalue weighted by Crippen LogP contribution is 2.31. The monoisotopic (exact) mass is 321 g/mol.